The Morgan fingerprint density at radius 1 is 0.101 bits per heavy atom. The third kappa shape index (κ3) is 36.6. The summed E-state index contributed by atoms with van der Waals surface area (Å²) < 4.78 is 0. The SMILES string of the molecule is CCCCCCCCCCCCc1ccc(-c2ccc(-c3c(-c4ccc(-c5ccc(CCCCCCCCCCCC)s5)s4)c(-c4ccc(-c5ccc(CCCCCCCCCCCC)s5)s4)c(-c4ccc(-c5ccc(CCCCCCCCCCCC)s5)s4)c(-c4ccc(-c5ccc(CCCCCCCCCCCC)s5)s4)c3-c3ccc(-c4ccc(CCCCCCCCCCCC)s4)s3)s2)s1. The summed E-state index contributed by atoms with van der Waals surface area (Å²) in [5, 5.41) is 0. The molecule has 0 atom stereocenters. The molecule has 0 N–H and O–H groups in total. The molecule has 0 aliphatic carbocycles. The van der Waals surface area contributed by atoms with Gasteiger partial charge in [-0.2, -0.15) is 0 Å². The van der Waals surface area contributed by atoms with Crippen molar-refractivity contribution < 1.29 is 0 Å². The molecule has 12 aromatic heterocycles. The zero-order valence-corrected chi connectivity index (χ0v) is 96.2. The molecule has 13 rings (SSSR count). The molecule has 0 fully saturated rings. The highest BCUT2D eigenvalue weighted by Gasteiger charge is 2.34. The van der Waals surface area contributed by atoms with Gasteiger partial charge in [0.2, 0.25) is 0 Å². The molecule has 0 aliphatic rings. The molecule has 0 aliphatic heterocycles. The van der Waals surface area contributed by atoms with Crippen molar-refractivity contribution in [2.24, 2.45) is 0 Å². The number of rotatable bonds is 78. The average molecular weight is 2070 g/mol. The summed E-state index contributed by atoms with van der Waals surface area (Å²) >= 11 is 24.8. The summed E-state index contributed by atoms with van der Waals surface area (Å²) in [6.07, 6.45) is 89.0. The van der Waals surface area contributed by atoms with Crippen LogP contribution in [0.1, 0.15) is 456 Å². The molecule has 0 unspecified atom stereocenters. The zero-order chi connectivity index (χ0) is 95.4. The van der Waals surface area contributed by atoms with Crippen LogP contribution in [0.15, 0.2) is 146 Å². The van der Waals surface area contributed by atoms with E-state index in [0.29, 0.717) is 0 Å². The van der Waals surface area contributed by atoms with E-state index in [4.69, 9.17) is 0 Å². The van der Waals surface area contributed by atoms with Gasteiger partial charge in [0.1, 0.15) is 0 Å². The summed E-state index contributed by atoms with van der Waals surface area (Å²) in [6, 6.07) is 60.7. The molecule has 1 aromatic carbocycles. The summed E-state index contributed by atoms with van der Waals surface area (Å²) in [7, 11) is 0. The van der Waals surface area contributed by atoms with Crippen molar-refractivity contribution in [3.8, 4) is 121 Å². The third-order valence-electron chi connectivity index (χ3n) is 28.7. The van der Waals surface area contributed by atoms with Gasteiger partial charge >= 0.3 is 0 Å². The van der Waals surface area contributed by atoms with Gasteiger partial charge < -0.3 is 0 Å². The Morgan fingerprint density at radius 3 is 0.319 bits per heavy atom. The van der Waals surface area contributed by atoms with Crippen molar-refractivity contribution in [1.82, 2.24) is 0 Å². The molecule has 0 spiro atoms. The summed E-state index contributed by atoms with van der Waals surface area (Å²) in [5.74, 6) is 0. The second-order valence-electron chi connectivity index (χ2n) is 40.4. The highest BCUT2D eigenvalue weighted by Crippen LogP contribution is 2.63. The Hall–Kier alpha value is -4.38. The van der Waals surface area contributed by atoms with Gasteiger partial charge in [0.05, 0.1) is 0 Å². The van der Waals surface area contributed by atoms with Gasteiger partial charge in [-0.25, -0.2) is 0 Å². The fraction of sp³-hybridized carbons (Fsp3) is 0.571. The van der Waals surface area contributed by atoms with Crippen LogP contribution in [0.5, 0.6) is 0 Å². The standard InChI is InChI=1S/C126H174S12/c1-7-13-19-25-31-37-43-49-55-61-67-97-73-79-103(127-97)109-85-91-115(133-109)121-122(116-92-86-110(134-116)104-80-74-98(128-104)68-62-56-50-44-38-32-26-20-14-8-2)124(118-94-88-112(136-118)106-82-76-100(130-106)70-64-58-52-46-40-34-28-22-16-10-4)126(120-96-90-114(138-120)108-84-78-102(132-108)72-66-60-54-48-42-36-30-24-18-12-6)125(119-95-89-113(137-119)107-83-77-101(131-107)71-65-59-53-47-41-35-29-23-17-11-5)123(121)117-93-87-111(135-117)105-81-75-99(129-105)69-63-57-51-45-39-33-27-21-15-9-3/h73-96H,7-72H2,1-6H3. The van der Waals surface area contributed by atoms with E-state index in [9.17, 15) is 0 Å². The highest BCUT2D eigenvalue weighted by atomic mass is 32.1. The molecule has 0 bridgehead atoms. The predicted molar refractivity (Wildman–Crippen MR) is 639 cm³/mol. The molecule has 0 saturated heterocycles. The van der Waals surface area contributed by atoms with Crippen molar-refractivity contribution >= 4 is 136 Å². The lowest BCUT2D eigenvalue weighted by Gasteiger charge is -2.25. The van der Waals surface area contributed by atoms with Crippen molar-refractivity contribution in [1.29, 1.82) is 0 Å². The highest BCUT2D eigenvalue weighted by molar-refractivity contribution is 7.28. The van der Waals surface area contributed by atoms with Crippen molar-refractivity contribution in [2.45, 2.75) is 465 Å². The molecule has 12 heteroatoms. The van der Waals surface area contributed by atoms with E-state index < -0.39 is 0 Å². The first kappa shape index (κ1) is 111. The Bertz CT molecular complexity index is 4510. The number of thiophene rings is 12. The number of hydrogen-bond acceptors (Lipinski definition) is 12. The smallest absolute Gasteiger partial charge is 0.0449 e. The maximum Gasteiger partial charge on any atom is 0.0449 e. The average Bonchev–Trinajstić information content (AvgIpc) is 1.50. The van der Waals surface area contributed by atoms with Gasteiger partial charge in [-0.1, -0.05) is 388 Å². The van der Waals surface area contributed by atoms with Crippen LogP contribution >= 0.6 is 136 Å². The maximum atomic E-state index is 2.59. The second kappa shape index (κ2) is 65.3. The first-order valence-electron chi connectivity index (χ1n) is 56.7. The van der Waals surface area contributed by atoms with E-state index >= 15 is 0 Å². The minimum atomic E-state index is 1.17. The lowest BCUT2D eigenvalue weighted by Crippen LogP contribution is -1.98. The van der Waals surface area contributed by atoms with Crippen LogP contribution in [0.2, 0.25) is 0 Å². The largest absolute Gasteiger partial charge is 0.139 e. The van der Waals surface area contributed by atoms with E-state index in [1.54, 1.807) is 0 Å². The van der Waals surface area contributed by atoms with Crippen molar-refractivity contribution in [3.05, 3.63) is 175 Å². The minimum Gasteiger partial charge on any atom is -0.139 e. The normalized spacial score (nSPS) is 11.9. The number of aryl methyl sites for hydroxylation is 6. The summed E-state index contributed by atoms with van der Waals surface area (Å²) in [6.45, 7) is 14.0. The molecule has 0 nitrogen and oxygen atoms in total. The van der Waals surface area contributed by atoms with Crippen LogP contribution in [0, 0.1) is 0 Å². The van der Waals surface area contributed by atoms with E-state index in [1.807, 2.05) is 0 Å². The van der Waals surface area contributed by atoms with E-state index in [0.717, 1.165) is 0 Å². The van der Waals surface area contributed by atoms with E-state index in [-0.39, 0.29) is 0 Å². The molecule has 13 aromatic rings. The minimum absolute atomic E-state index is 1.17. The van der Waals surface area contributed by atoms with Crippen LogP contribution in [0.3, 0.4) is 0 Å². The monoisotopic (exact) mass is 2070 g/mol. The van der Waals surface area contributed by atoms with Crippen molar-refractivity contribution in [2.75, 3.05) is 0 Å². The lowest BCUT2D eigenvalue weighted by molar-refractivity contribution is 0.557. The molecule has 0 saturated carbocycles. The molecular weight excluding hydrogens is 1900 g/mol. The molecule has 0 radical (unpaired) electrons. The molecular formula is C126H174S12. The second-order valence-corrected chi connectivity index (χ2v) is 53.9. The zero-order valence-electron chi connectivity index (χ0n) is 86.4. The number of hydrogen-bond donors (Lipinski definition) is 0. The molecule has 138 heavy (non-hydrogen) atoms. The molecule has 0 amide bonds. The van der Waals surface area contributed by atoms with Crippen LogP contribution in [-0.4, -0.2) is 0 Å². The number of benzene rings is 1. The van der Waals surface area contributed by atoms with E-state index in [1.165, 1.54) is 574 Å². The quantitative estimate of drug-likeness (QED) is 0.0333. The Labute approximate surface area is 888 Å². The maximum absolute atomic E-state index is 2.59. The Kier molecular flexibility index (Phi) is 52.4. The van der Waals surface area contributed by atoms with Gasteiger partial charge in [-0.3, -0.25) is 0 Å². The number of unbranched alkanes of at least 4 members (excludes halogenated alkanes) is 54. The summed E-state index contributed by atoms with van der Waals surface area (Å²) in [5.41, 5.74) is 8.37. The van der Waals surface area contributed by atoms with E-state index in [2.05, 4.69) is 323 Å². The molecule has 750 valence electrons. The first-order chi connectivity index (χ1) is 68.3. The topological polar surface area (TPSA) is 0 Å². The van der Waals surface area contributed by atoms with Gasteiger partial charge in [0.15, 0.2) is 0 Å². The van der Waals surface area contributed by atoms with Gasteiger partial charge in [0.25, 0.3) is 0 Å². The van der Waals surface area contributed by atoms with Gasteiger partial charge in [0, 0.05) is 150 Å². The van der Waals surface area contributed by atoms with Crippen molar-refractivity contribution in [3.63, 3.8) is 0 Å². The van der Waals surface area contributed by atoms with Crippen LogP contribution in [-0.2, 0) is 38.5 Å². The molecule has 12 heterocycles. The van der Waals surface area contributed by atoms with Gasteiger partial charge in [-0.15, -0.1) is 136 Å². The predicted octanol–water partition coefficient (Wildman–Crippen LogP) is 49.2. The third-order valence-corrected chi connectivity index (χ3v) is 43.4. The van der Waals surface area contributed by atoms with Crippen LogP contribution in [0.4, 0.5) is 0 Å². The van der Waals surface area contributed by atoms with Crippen LogP contribution in [0.25, 0.3) is 121 Å². The lowest BCUT2D eigenvalue weighted by atomic mass is 9.82. The first-order valence-corrected chi connectivity index (χ1v) is 66.5. The Morgan fingerprint density at radius 2 is 0.196 bits per heavy atom. The summed E-state index contributed by atoms with van der Waals surface area (Å²) in [4.78, 5) is 34.1. The Balaban J connectivity index is 0.960. The fourth-order valence-corrected chi connectivity index (χ4v) is 33.7. The fourth-order valence-electron chi connectivity index (χ4n) is 20.4. The van der Waals surface area contributed by atoms with Crippen LogP contribution < -0.4 is 0 Å². The van der Waals surface area contributed by atoms with Gasteiger partial charge in [-0.05, 0) is 223 Å².